The van der Waals surface area contributed by atoms with Gasteiger partial charge in [0.25, 0.3) is 0 Å². The molecule has 0 fully saturated rings. The first-order valence-electron chi connectivity index (χ1n) is 0. The molecule has 0 aromatic rings. The van der Waals surface area contributed by atoms with Gasteiger partial charge in [-0.05, 0) is 0 Å². The van der Waals surface area contributed by atoms with E-state index in [4.69, 9.17) is 0 Å². The predicted molar refractivity (Wildman–Crippen MR) is 6.44 cm³/mol. The van der Waals surface area contributed by atoms with E-state index in [0.29, 0.717) is 0 Å². The maximum Gasteiger partial charge on any atom is 2.00 e. The number of hydrogen-bond acceptors (Lipinski definition) is 0. The summed E-state index contributed by atoms with van der Waals surface area (Å²) in [7, 11) is 0. The molecule has 0 aromatic carbocycles. The molecule has 0 saturated carbocycles. The van der Waals surface area contributed by atoms with Crippen LogP contribution in [0, 0.1) is 0 Å². The van der Waals surface area contributed by atoms with Crippen molar-refractivity contribution in [3.05, 3.63) is 0 Å². The summed E-state index contributed by atoms with van der Waals surface area (Å²) in [5.74, 6) is 0. The zero-order chi connectivity index (χ0) is 0. The van der Waals surface area contributed by atoms with Gasteiger partial charge in [0.2, 0.25) is 0 Å². The Kier molecular flexibility index (Phi) is 174. The first kappa shape index (κ1) is 35.9. The molecule has 0 amide bonds. The van der Waals surface area contributed by atoms with E-state index in [1.165, 1.54) is 0 Å². The maximum atomic E-state index is 0. The normalized spacial score (nSPS) is 0. The molecule has 0 unspecified atom stereocenters. The molecule has 4 heteroatoms. The van der Waals surface area contributed by atoms with Gasteiger partial charge in [0.1, 0.15) is 0 Å². The molecule has 4 heavy (non-hydrogen) atoms. The van der Waals surface area contributed by atoms with Gasteiger partial charge in [-0.2, -0.15) is 0 Å². The summed E-state index contributed by atoms with van der Waals surface area (Å²) in [6.07, 6.45) is 0. The van der Waals surface area contributed by atoms with Crippen LogP contribution in [0.3, 0.4) is 0 Å². The van der Waals surface area contributed by atoms with Crippen LogP contribution in [0.4, 0.5) is 0 Å². The zero-order valence-electron chi connectivity index (χ0n) is 2.49. The van der Waals surface area contributed by atoms with E-state index in [1.807, 2.05) is 0 Å². The molecule has 0 aliphatic carbocycles. The van der Waals surface area contributed by atoms with Crippen molar-refractivity contribution in [2.75, 3.05) is 0 Å². The largest absolute Gasteiger partial charge is 2.00 e. The van der Waals surface area contributed by atoms with Crippen molar-refractivity contribution in [3.8, 4) is 0 Å². The van der Waals surface area contributed by atoms with Gasteiger partial charge < -0.3 is 17.9 Å². The SMILES string of the molecule is [Ca+2].[Cl-].[Li+].[O-2]. The average Bonchev–Trinajstić information content (AvgIpc) is 0. The summed E-state index contributed by atoms with van der Waals surface area (Å²) in [5.41, 5.74) is 0. The van der Waals surface area contributed by atoms with Crippen LogP contribution in [-0.4, -0.2) is 37.7 Å². The molecule has 0 atom stereocenters. The monoisotopic (exact) mass is 97.9 g/mol. The first-order valence-corrected chi connectivity index (χ1v) is 0. The van der Waals surface area contributed by atoms with Crippen molar-refractivity contribution in [1.82, 2.24) is 0 Å². The van der Waals surface area contributed by atoms with E-state index in [-0.39, 0.29) is 74.5 Å². The van der Waals surface area contributed by atoms with Gasteiger partial charge in [-0.25, -0.2) is 0 Å². The third-order valence-corrected chi connectivity index (χ3v) is 0. The fourth-order valence-corrected chi connectivity index (χ4v) is 0. The molecular weight excluding hydrogens is 98.5 g/mol. The summed E-state index contributed by atoms with van der Waals surface area (Å²) >= 11 is 0. The third-order valence-electron chi connectivity index (χ3n) is 0. The fourth-order valence-electron chi connectivity index (χ4n) is 0. The molecule has 0 bridgehead atoms. The first-order chi connectivity index (χ1) is 0. The topological polar surface area (TPSA) is 28.5 Å². The van der Waals surface area contributed by atoms with Gasteiger partial charge in [0.15, 0.2) is 0 Å². The van der Waals surface area contributed by atoms with Gasteiger partial charge >= 0.3 is 56.6 Å². The number of rotatable bonds is 0. The summed E-state index contributed by atoms with van der Waals surface area (Å²) < 4.78 is 0. The van der Waals surface area contributed by atoms with Crippen LogP contribution in [0.15, 0.2) is 0 Å². The Balaban J connectivity index is 0. The van der Waals surface area contributed by atoms with Crippen molar-refractivity contribution in [2.45, 2.75) is 0 Å². The predicted octanol–water partition coefficient (Wildman–Crippen LogP) is -6.49. The Labute approximate surface area is 73.4 Å². The Morgan fingerprint density at radius 1 is 1.00 bits per heavy atom. The molecule has 0 rings (SSSR count). The van der Waals surface area contributed by atoms with Crippen LogP contribution in [0.25, 0.3) is 0 Å². The molecule has 0 aliphatic heterocycles. The van der Waals surface area contributed by atoms with Crippen LogP contribution in [-0.2, 0) is 5.48 Å². The second-order valence-corrected chi connectivity index (χ2v) is 0. The molecular formula is CaClLiO. The summed E-state index contributed by atoms with van der Waals surface area (Å²) in [6.45, 7) is 0. The minimum Gasteiger partial charge on any atom is -2.00 e. The van der Waals surface area contributed by atoms with Crippen molar-refractivity contribution in [1.29, 1.82) is 0 Å². The molecule has 0 heterocycles. The Bertz CT molecular complexity index is 8.00. The van der Waals surface area contributed by atoms with E-state index in [2.05, 4.69) is 0 Å². The second kappa shape index (κ2) is 19.4. The van der Waals surface area contributed by atoms with E-state index in [1.54, 1.807) is 0 Å². The summed E-state index contributed by atoms with van der Waals surface area (Å²) in [4.78, 5) is 0. The van der Waals surface area contributed by atoms with Crippen molar-refractivity contribution < 1.29 is 36.7 Å². The second-order valence-electron chi connectivity index (χ2n) is 0. The van der Waals surface area contributed by atoms with E-state index in [9.17, 15) is 0 Å². The Morgan fingerprint density at radius 2 is 1.00 bits per heavy atom. The Hall–Kier alpha value is 2.11. The summed E-state index contributed by atoms with van der Waals surface area (Å²) in [6, 6.07) is 0. The van der Waals surface area contributed by atoms with Crippen LogP contribution >= 0.6 is 0 Å². The third kappa shape index (κ3) is 8.93. The summed E-state index contributed by atoms with van der Waals surface area (Å²) in [5, 5.41) is 0. The van der Waals surface area contributed by atoms with Gasteiger partial charge in [0, 0.05) is 0 Å². The van der Waals surface area contributed by atoms with E-state index in [0.717, 1.165) is 0 Å². The van der Waals surface area contributed by atoms with Gasteiger partial charge in [-0.3, -0.25) is 0 Å². The molecule has 16 valence electrons. The quantitative estimate of drug-likeness (QED) is 0.270. The van der Waals surface area contributed by atoms with Crippen LogP contribution in [0.1, 0.15) is 0 Å². The number of hydrogen-bond donors (Lipinski definition) is 0. The van der Waals surface area contributed by atoms with Gasteiger partial charge in [0.05, 0.1) is 0 Å². The molecule has 1 nitrogen and oxygen atoms in total. The van der Waals surface area contributed by atoms with Gasteiger partial charge in [-0.1, -0.05) is 0 Å². The minimum absolute atomic E-state index is 0. The molecule has 0 N–H and O–H groups in total. The van der Waals surface area contributed by atoms with Crippen molar-refractivity contribution in [3.63, 3.8) is 0 Å². The van der Waals surface area contributed by atoms with Crippen LogP contribution in [0.5, 0.6) is 0 Å². The Morgan fingerprint density at radius 3 is 1.00 bits per heavy atom. The molecule has 0 aliphatic rings. The van der Waals surface area contributed by atoms with Gasteiger partial charge in [-0.15, -0.1) is 0 Å². The molecule has 0 saturated heterocycles. The number of halogens is 1. The van der Waals surface area contributed by atoms with E-state index >= 15 is 0 Å². The molecule has 0 aromatic heterocycles. The fraction of sp³-hybridized carbons (Fsp3) is 0. The van der Waals surface area contributed by atoms with Crippen LogP contribution < -0.4 is 31.3 Å². The van der Waals surface area contributed by atoms with Crippen LogP contribution in [0.2, 0.25) is 0 Å². The standard InChI is InChI=1S/Ca.ClH.Li.O/h;1H;;/q+2;;+1;-2/p-1. The maximum absolute atomic E-state index is 0. The smallest absolute Gasteiger partial charge is 2.00 e. The molecule has 0 radical (unpaired) electrons. The average molecular weight is 98.5 g/mol. The van der Waals surface area contributed by atoms with Crippen molar-refractivity contribution >= 4 is 37.7 Å². The van der Waals surface area contributed by atoms with E-state index < -0.39 is 0 Å². The molecule has 0 spiro atoms. The van der Waals surface area contributed by atoms with Crippen molar-refractivity contribution in [2.24, 2.45) is 0 Å². The zero-order valence-corrected chi connectivity index (χ0v) is 5.46. The minimum atomic E-state index is 0.